The van der Waals surface area contributed by atoms with Gasteiger partial charge in [-0.2, -0.15) is 8.42 Å². The monoisotopic (exact) mass is 466 g/mol. The van der Waals surface area contributed by atoms with Gasteiger partial charge in [0, 0.05) is 6.42 Å². The molecule has 0 saturated carbocycles. The highest BCUT2D eigenvalue weighted by Gasteiger charge is 2.53. The molecule has 1 saturated heterocycles. The zero-order valence-electron chi connectivity index (χ0n) is 17.7. The highest BCUT2D eigenvalue weighted by atomic mass is 32.2. The van der Waals surface area contributed by atoms with E-state index in [0.29, 0.717) is 5.75 Å². The van der Waals surface area contributed by atoms with Gasteiger partial charge >= 0.3 is 10.1 Å². The average molecular weight is 467 g/mol. The molecule has 0 unspecified atom stereocenters. The summed E-state index contributed by atoms with van der Waals surface area (Å²) in [7, 11) is -2.62. The Hall–Kier alpha value is -3.49. The number of phenolic OH excluding ortho intramolecular Hbond substituents is 2. The summed E-state index contributed by atoms with van der Waals surface area (Å²) in [6.07, 6.45) is -0.965. The lowest BCUT2D eigenvalue weighted by molar-refractivity contribution is 0.128. The third-order valence-corrected chi connectivity index (χ3v) is 7.59. The molecule has 0 amide bonds. The summed E-state index contributed by atoms with van der Waals surface area (Å²) in [5.41, 5.74) is 3.19. The predicted molar refractivity (Wildman–Crippen MR) is 123 cm³/mol. The smallest absolute Gasteiger partial charge is 0.315 e. The number of fused-ring (bicyclic) bond motifs is 2. The molecule has 170 valence electrons. The second-order valence-corrected chi connectivity index (χ2v) is 9.73. The molecule has 0 spiro atoms. The first-order chi connectivity index (χ1) is 15.9. The molecule has 7 nitrogen and oxygen atoms in total. The topological polar surface area (TPSA) is 102 Å². The van der Waals surface area contributed by atoms with E-state index in [0.717, 1.165) is 22.3 Å². The SMILES string of the molecule is COc1ccccc1OS(=O)(=O)[C@@H]1C[C@@H]2O[C@H]1C(c1ccc(O)cc1)=C2c1ccc(O)cc1. The lowest BCUT2D eigenvalue weighted by Gasteiger charge is -2.25. The number of phenols is 2. The molecule has 1 fully saturated rings. The third kappa shape index (κ3) is 3.81. The van der Waals surface area contributed by atoms with Crippen LogP contribution >= 0.6 is 0 Å². The standard InChI is InChI=1S/C25H22O7S/c1-30-19-4-2-3-5-20(19)32-33(28,29)22-14-21-23(15-6-10-17(26)11-7-15)24(25(22)31-21)16-8-12-18(27)13-9-16/h2-13,21-22,25-27H,14H2,1H3/t21-,22+,25+/m0/s1. The molecule has 2 aliphatic heterocycles. The molecule has 3 atom stereocenters. The van der Waals surface area contributed by atoms with Gasteiger partial charge < -0.3 is 23.9 Å². The molecule has 0 aromatic heterocycles. The van der Waals surface area contributed by atoms with Crippen molar-refractivity contribution in [2.24, 2.45) is 0 Å². The Kier molecular flexibility index (Phi) is 5.26. The minimum atomic E-state index is -4.07. The van der Waals surface area contributed by atoms with Gasteiger partial charge in [-0.3, -0.25) is 0 Å². The zero-order chi connectivity index (χ0) is 23.2. The first-order valence-electron chi connectivity index (χ1n) is 10.4. The van der Waals surface area contributed by atoms with Gasteiger partial charge in [0.15, 0.2) is 11.5 Å². The fourth-order valence-corrected chi connectivity index (χ4v) is 5.93. The first-order valence-corrected chi connectivity index (χ1v) is 11.9. The van der Waals surface area contributed by atoms with E-state index >= 15 is 0 Å². The second-order valence-electron chi connectivity index (χ2n) is 7.97. The van der Waals surface area contributed by atoms with Gasteiger partial charge in [-0.05, 0) is 58.7 Å². The Bertz CT molecular complexity index is 1310. The molecule has 33 heavy (non-hydrogen) atoms. The Morgan fingerprint density at radius 2 is 1.36 bits per heavy atom. The molecular formula is C25H22O7S. The van der Waals surface area contributed by atoms with Crippen LogP contribution in [0, 0.1) is 0 Å². The van der Waals surface area contributed by atoms with E-state index in [2.05, 4.69) is 0 Å². The Labute approximate surface area is 191 Å². The van der Waals surface area contributed by atoms with Crippen molar-refractivity contribution in [2.75, 3.05) is 7.11 Å². The van der Waals surface area contributed by atoms with Crippen LogP contribution in [-0.4, -0.2) is 43.2 Å². The summed E-state index contributed by atoms with van der Waals surface area (Å²) in [6.45, 7) is 0. The predicted octanol–water partition coefficient (Wildman–Crippen LogP) is 3.97. The van der Waals surface area contributed by atoms with E-state index in [-0.39, 0.29) is 23.7 Å². The van der Waals surface area contributed by atoms with Gasteiger partial charge in [-0.15, -0.1) is 0 Å². The summed E-state index contributed by atoms with van der Waals surface area (Å²) in [4.78, 5) is 0. The number of rotatable bonds is 6. The summed E-state index contributed by atoms with van der Waals surface area (Å²) in [5.74, 6) is 0.694. The summed E-state index contributed by atoms with van der Waals surface area (Å²) in [5, 5.41) is 18.5. The summed E-state index contributed by atoms with van der Waals surface area (Å²) in [6, 6.07) is 19.9. The number of para-hydroxylation sites is 2. The second kappa shape index (κ2) is 8.13. The molecule has 2 aliphatic rings. The van der Waals surface area contributed by atoms with Crippen LogP contribution in [0.2, 0.25) is 0 Å². The largest absolute Gasteiger partial charge is 0.508 e. The van der Waals surface area contributed by atoms with Gasteiger partial charge in [-0.1, -0.05) is 36.4 Å². The number of benzene rings is 3. The normalized spacial score (nSPS) is 21.9. The summed E-state index contributed by atoms with van der Waals surface area (Å²) < 4.78 is 43.5. The van der Waals surface area contributed by atoms with Crippen LogP contribution in [0.5, 0.6) is 23.0 Å². The van der Waals surface area contributed by atoms with Crippen molar-refractivity contribution in [3.8, 4) is 23.0 Å². The molecule has 3 aromatic carbocycles. The van der Waals surface area contributed by atoms with E-state index in [1.54, 1.807) is 72.8 Å². The van der Waals surface area contributed by atoms with E-state index in [1.165, 1.54) is 7.11 Å². The van der Waals surface area contributed by atoms with Gasteiger partial charge in [0.2, 0.25) is 0 Å². The molecule has 2 N–H and O–H groups in total. The van der Waals surface area contributed by atoms with Crippen LogP contribution in [0.25, 0.3) is 11.1 Å². The molecule has 3 aromatic rings. The minimum Gasteiger partial charge on any atom is -0.508 e. The molecule has 0 aliphatic carbocycles. The van der Waals surface area contributed by atoms with Crippen molar-refractivity contribution in [1.82, 2.24) is 0 Å². The number of methoxy groups -OCH3 is 1. The van der Waals surface area contributed by atoms with Crippen molar-refractivity contribution >= 4 is 21.3 Å². The Morgan fingerprint density at radius 3 is 1.94 bits per heavy atom. The van der Waals surface area contributed by atoms with Crippen LogP contribution < -0.4 is 8.92 Å². The molecule has 2 bridgehead atoms. The van der Waals surface area contributed by atoms with Gasteiger partial charge in [0.05, 0.1) is 13.2 Å². The minimum absolute atomic E-state index is 0.110. The maximum atomic E-state index is 13.3. The van der Waals surface area contributed by atoms with Crippen molar-refractivity contribution < 1.29 is 32.3 Å². The van der Waals surface area contributed by atoms with Crippen LogP contribution in [0.15, 0.2) is 72.8 Å². The van der Waals surface area contributed by atoms with Crippen molar-refractivity contribution in [3.63, 3.8) is 0 Å². The molecule has 8 heteroatoms. The lowest BCUT2D eigenvalue weighted by atomic mass is 9.83. The van der Waals surface area contributed by atoms with Crippen LogP contribution in [-0.2, 0) is 14.9 Å². The van der Waals surface area contributed by atoms with E-state index in [9.17, 15) is 18.6 Å². The Balaban J connectivity index is 1.56. The average Bonchev–Trinajstić information content (AvgIpc) is 3.40. The fraction of sp³-hybridized carbons (Fsp3) is 0.200. The molecular weight excluding hydrogens is 444 g/mol. The van der Waals surface area contributed by atoms with E-state index in [4.69, 9.17) is 13.7 Å². The molecule has 5 rings (SSSR count). The number of hydrogen-bond acceptors (Lipinski definition) is 7. The van der Waals surface area contributed by atoms with Crippen molar-refractivity contribution in [1.29, 1.82) is 0 Å². The number of aromatic hydroxyl groups is 2. The maximum Gasteiger partial charge on any atom is 0.315 e. The van der Waals surface area contributed by atoms with Crippen molar-refractivity contribution in [3.05, 3.63) is 83.9 Å². The third-order valence-electron chi connectivity index (χ3n) is 5.99. The molecule has 0 radical (unpaired) electrons. The first kappa shape index (κ1) is 21.4. The maximum absolute atomic E-state index is 13.3. The lowest BCUT2D eigenvalue weighted by Crippen LogP contribution is -2.35. The van der Waals surface area contributed by atoms with E-state index in [1.807, 2.05) is 0 Å². The van der Waals surface area contributed by atoms with Gasteiger partial charge in [-0.25, -0.2) is 0 Å². The molecule has 2 heterocycles. The summed E-state index contributed by atoms with van der Waals surface area (Å²) >= 11 is 0. The van der Waals surface area contributed by atoms with E-state index < -0.39 is 27.6 Å². The quantitative estimate of drug-likeness (QED) is 0.530. The van der Waals surface area contributed by atoms with Gasteiger partial charge in [0.25, 0.3) is 0 Å². The number of hydrogen-bond donors (Lipinski definition) is 2. The highest BCUT2D eigenvalue weighted by molar-refractivity contribution is 7.87. The number of ether oxygens (including phenoxy) is 2. The highest BCUT2D eigenvalue weighted by Crippen LogP contribution is 2.51. The fourth-order valence-electron chi connectivity index (χ4n) is 4.51. The van der Waals surface area contributed by atoms with Crippen LogP contribution in [0.1, 0.15) is 17.5 Å². The van der Waals surface area contributed by atoms with Crippen LogP contribution in [0.4, 0.5) is 0 Å². The van der Waals surface area contributed by atoms with Gasteiger partial charge in [0.1, 0.15) is 22.9 Å². The van der Waals surface area contributed by atoms with Crippen molar-refractivity contribution in [2.45, 2.75) is 23.9 Å². The Morgan fingerprint density at radius 1 is 0.818 bits per heavy atom. The zero-order valence-corrected chi connectivity index (χ0v) is 18.5. The van der Waals surface area contributed by atoms with Crippen LogP contribution in [0.3, 0.4) is 0 Å².